The summed E-state index contributed by atoms with van der Waals surface area (Å²) in [6, 6.07) is 8.92. The molecule has 4 rings (SSSR count). The summed E-state index contributed by atoms with van der Waals surface area (Å²) in [5.41, 5.74) is 3.39. The average Bonchev–Trinajstić information content (AvgIpc) is 2.98. The lowest BCUT2D eigenvalue weighted by molar-refractivity contribution is -0.0623. The van der Waals surface area contributed by atoms with E-state index in [1.807, 2.05) is 0 Å². The lowest BCUT2D eigenvalue weighted by Gasteiger charge is -2.50. The van der Waals surface area contributed by atoms with E-state index in [4.69, 9.17) is 14.7 Å². The molecule has 134 valence electrons. The van der Waals surface area contributed by atoms with Crippen molar-refractivity contribution in [2.24, 2.45) is 17.3 Å². The number of hydrogen-bond acceptors (Lipinski definition) is 3. The third-order valence-electron chi connectivity index (χ3n) is 7.38. The van der Waals surface area contributed by atoms with Gasteiger partial charge in [0, 0.05) is 0 Å². The Labute approximate surface area is 151 Å². The number of ether oxygens (including phenoxy) is 2. The van der Waals surface area contributed by atoms with Crippen molar-refractivity contribution < 1.29 is 9.47 Å². The third-order valence-corrected chi connectivity index (χ3v) is 7.38. The lowest BCUT2D eigenvalue weighted by atomic mass is 9.55. The quantitative estimate of drug-likeness (QED) is 0.736. The molecule has 2 saturated carbocycles. The van der Waals surface area contributed by atoms with Crippen LogP contribution in [0.5, 0.6) is 5.75 Å². The first-order valence-corrected chi connectivity index (χ1v) is 9.82. The van der Waals surface area contributed by atoms with E-state index in [9.17, 15) is 0 Å². The molecule has 0 N–H and O–H groups in total. The summed E-state index contributed by atoms with van der Waals surface area (Å²) in [6.45, 7) is 3.06. The highest BCUT2D eigenvalue weighted by atomic mass is 16.5. The monoisotopic (exact) mass is 339 g/mol. The molecule has 2 fully saturated rings. The summed E-state index contributed by atoms with van der Waals surface area (Å²) < 4.78 is 11.6. The third kappa shape index (κ3) is 2.75. The fraction of sp³-hybridized carbons (Fsp3) is 0.682. The van der Waals surface area contributed by atoms with E-state index in [0.29, 0.717) is 30.5 Å². The first-order chi connectivity index (χ1) is 12.2. The van der Waals surface area contributed by atoms with Crippen molar-refractivity contribution in [2.45, 2.75) is 63.9 Å². The smallest absolute Gasteiger partial charge is 0.119 e. The van der Waals surface area contributed by atoms with Crippen LogP contribution in [0.25, 0.3) is 0 Å². The van der Waals surface area contributed by atoms with Crippen LogP contribution in [0.1, 0.15) is 62.5 Å². The van der Waals surface area contributed by atoms with E-state index in [1.54, 1.807) is 12.7 Å². The number of nitriles is 1. The maximum Gasteiger partial charge on any atom is 0.119 e. The van der Waals surface area contributed by atoms with E-state index in [-0.39, 0.29) is 0 Å². The van der Waals surface area contributed by atoms with Gasteiger partial charge in [0.05, 0.1) is 32.3 Å². The number of fused-ring (bicyclic) bond motifs is 5. The van der Waals surface area contributed by atoms with Gasteiger partial charge in [-0.05, 0) is 85.0 Å². The average molecular weight is 339 g/mol. The van der Waals surface area contributed by atoms with Crippen LogP contribution in [0.2, 0.25) is 0 Å². The number of methoxy groups -OCH3 is 1. The lowest BCUT2D eigenvalue weighted by Crippen LogP contribution is -2.44. The van der Waals surface area contributed by atoms with Crippen LogP contribution in [-0.4, -0.2) is 19.8 Å². The molecule has 1 aromatic carbocycles. The van der Waals surface area contributed by atoms with Gasteiger partial charge < -0.3 is 9.47 Å². The van der Waals surface area contributed by atoms with Crippen LogP contribution in [0.3, 0.4) is 0 Å². The topological polar surface area (TPSA) is 42.2 Å². The Kier molecular flexibility index (Phi) is 4.50. The minimum atomic E-state index is 0.306. The van der Waals surface area contributed by atoms with Crippen LogP contribution in [0.15, 0.2) is 18.2 Å². The van der Waals surface area contributed by atoms with Gasteiger partial charge in [-0.15, -0.1) is 0 Å². The standard InChI is InChI=1S/C22H29NO2/c1-22-11-10-18-17-7-5-16(24-2)14-15(17)4-6-19(18)20(22)8-9-21(22)25-13-3-12-23/h5,7,14,18-21H,3-4,6,8-11,13H2,1-2H3/t18-,19-,20-,21-,22-/m0/s1. The molecule has 0 bridgehead atoms. The first kappa shape index (κ1) is 16.9. The molecule has 0 unspecified atom stereocenters. The van der Waals surface area contributed by atoms with Gasteiger partial charge in [0.15, 0.2) is 0 Å². The number of benzene rings is 1. The number of hydrogen-bond donors (Lipinski definition) is 0. The molecule has 0 saturated heterocycles. The summed E-state index contributed by atoms with van der Waals surface area (Å²) in [7, 11) is 1.75. The van der Waals surface area contributed by atoms with E-state index in [2.05, 4.69) is 31.2 Å². The predicted molar refractivity (Wildman–Crippen MR) is 97.6 cm³/mol. The normalized spacial score (nSPS) is 36.0. The van der Waals surface area contributed by atoms with Crippen LogP contribution >= 0.6 is 0 Å². The molecule has 0 amide bonds. The van der Waals surface area contributed by atoms with E-state index >= 15 is 0 Å². The molecule has 3 aliphatic carbocycles. The Morgan fingerprint density at radius 3 is 2.92 bits per heavy atom. The van der Waals surface area contributed by atoms with Crippen LogP contribution in [0, 0.1) is 28.6 Å². The SMILES string of the molecule is COc1ccc2c(c1)CC[C@H]1[C@H]2CC[C@]2(C)[C@@H](OCCC#N)CC[C@@H]12. The highest BCUT2D eigenvalue weighted by Gasteiger charge is 2.55. The summed E-state index contributed by atoms with van der Waals surface area (Å²) >= 11 is 0. The van der Waals surface area contributed by atoms with Crippen molar-refractivity contribution in [1.29, 1.82) is 5.26 Å². The van der Waals surface area contributed by atoms with Crippen molar-refractivity contribution in [1.82, 2.24) is 0 Å². The highest BCUT2D eigenvalue weighted by Crippen LogP contribution is 2.61. The maximum absolute atomic E-state index is 8.78. The Hall–Kier alpha value is -1.53. The Morgan fingerprint density at radius 1 is 1.24 bits per heavy atom. The van der Waals surface area contributed by atoms with Crippen LogP contribution in [-0.2, 0) is 11.2 Å². The summed E-state index contributed by atoms with van der Waals surface area (Å²) in [6.07, 6.45) is 8.33. The molecule has 3 nitrogen and oxygen atoms in total. The molecular formula is C22H29NO2. The number of aryl methyl sites for hydroxylation is 1. The van der Waals surface area contributed by atoms with Crippen molar-refractivity contribution in [2.75, 3.05) is 13.7 Å². The van der Waals surface area contributed by atoms with E-state index < -0.39 is 0 Å². The largest absolute Gasteiger partial charge is 0.497 e. The molecule has 0 aliphatic heterocycles. The number of nitrogens with zero attached hydrogens (tertiary/aromatic N) is 1. The van der Waals surface area contributed by atoms with Gasteiger partial charge >= 0.3 is 0 Å². The van der Waals surface area contributed by atoms with E-state index in [0.717, 1.165) is 17.6 Å². The van der Waals surface area contributed by atoms with Gasteiger partial charge in [-0.25, -0.2) is 0 Å². The van der Waals surface area contributed by atoms with Gasteiger partial charge in [-0.1, -0.05) is 13.0 Å². The molecule has 3 aliphatic rings. The second kappa shape index (κ2) is 6.65. The summed E-state index contributed by atoms with van der Waals surface area (Å²) in [5, 5.41) is 8.78. The fourth-order valence-electron chi connectivity index (χ4n) is 6.16. The van der Waals surface area contributed by atoms with Gasteiger partial charge in [-0.2, -0.15) is 5.26 Å². The second-order valence-electron chi connectivity index (χ2n) is 8.37. The van der Waals surface area contributed by atoms with Crippen LogP contribution < -0.4 is 4.74 Å². The Balaban J connectivity index is 1.55. The molecule has 0 heterocycles. The zero-order valence-electron chi connectivity index (χ0n) is 15.5. The van der Waals surface area contributed by atoms with Gasteiger partial charge in [0.2, 0.25) is 0 Å². The van der Waals surface area contributed by atoms with Gasteiger partial charge in [0.25, 0.3) is 0 Å². The fourth-order valence-corrected chi connectivity index (χ4v) is 6.16. The summed E-state index contributed by atoms with van der Waals surface area (Å²) in [4.78, 5) is 0. The molecule has 0 radical (unpaired) electrons. The Bertz CT molecular complexity index is 679. The van der Waals surface area contributed by atoms with Gasteiger partial charge in [-0.3, -0.25) is 0 Å². The molecule has 1 aromatic rings. The Morgan fingerprint density at radius 2 is 2.12 bits per heavy atom. The van der Waals surface area contributed by atoms with Crippen LogP contribution in [0.4, 0.5) is 0 Å². The molecule has 25 heavy (non-hydrogen) atoms. The molecule has 0 aromatic heterocycles. The molecular weight excluding hydrogens is 310 g/mol. The molecule has 5 atom stereocenters. The minimum absolute atomic E-state index is 0.306. The highest BCUT2D eigenvalue weighted by molar-refractivity contribution is 5.40. The second-order valence-corrected chi connectivity index (χ2v) is 8.37. The number of rotatable bonds is 4. The van der Waals surface area contributed by atoms with Gasteiger partial charge in [0.1, 0.15) is 5.75 Å². The maximum atomic E-state index is 8.78. The van der Waals surface area contributed by atoms with Crippen molar-refractivity contribution >= 4 is 0 Å². The predicted octanol–water partition coefficient (Wildman–Crippen LogP) is 4.85. The molecule has 0 spiro atoms. The first-order valence-electron chi connectivity index (χ1n) is 9.82. The van der Waals surface area contributed by atoms with Crippen molar-refractivity contribution in [3.8, 4) is 11.8 Å². The van der Waals surface area contributed by atoms with Crippen molar-refractivity contribution in [3.05, 3.63) is 29.3 Å². The molecule has 3 heteroatoms. The zero-order valence-corrected chi connectivity index (χ0v) is 15.5. The zero-order chi connectivity index (χ0) is 17.4. The summed E-state index contributed by atoms with van der Waals surface area (Å²) in [5.74, 6) is 3.27. The van der Waals surface area contributed by atoms with E-state index in [1.165, 1.54) is 44.1 Å². The minimum Gasteiger partial charge on any atom is -0.497 e. The van der Waals surface area contributed by atoms with Crippen molar-refractivity contribution in [3.63, 3.8) is 0 Å².